The number of thioether (sulfide) groups is 1. The number of pyridine rings is 1. The van der Waals surface area contributed by atoms with Gasteiger partial charge in [0, 0.05) is 45.9 Å². The van der Waals surface area contributed by atoms with Gasteiger partial charge in [0.15, 0.2) is 0 Å². The molecule has 0 radical (unpaired) electrons. The maximum absolute atomic E-state index is 10.0. The van der Waals surface area contributed by atoms with Crippen molar-refractivity contribution in [1.29, 1.82) is 0 Å². The van der Waals surface area contributed by atoms with Gasteiger partial charge >= 0.3 is 0 Å². The third-order valence-electron chi connectivity index (χ3n) is 4.75. The van der Waals surface area contributed by atoms with E-state index in [4.69, 9.17) is 23.2 Å². The van der Waals surface area contributed by atoms with E-state index in [-0.39, 0.29) is 17.9 Å². The fourth-order valence-corrected chi connectivity index (χ4v) is 5.83. The maximum Gasteiger partial charge on any atom is 0.0836 e. The van der Waals surface area contributed by atoms with Gasteiger partial charge in [-0.3, -0.25) is 4.98 Å². The molecule has 1 aliphatic rings. The van der Waals surface area contributed by atoms with Crippen molar-refractivity contribution in [2.24, 2.45) is 0 Å². The summed E-state index contributed by atoms with van der Waals surface area (Å²) in [5.41, 5.74) is 4.58. The lowest BCUT2D eigenvalue weighted by atomic mass is 10.0. The normalized spacial score (nSPS) is 17.2. The molecule has 1 N–H and O–H groups in total. The van der Waals surface area contributed by atoms with Crippen molar-refractivity contribution in [3.63, 3.8) is 0 Å². The molecule has 0 aliphatic heterocycles. The summed E-state index contributed by atoms with van der Waals surface area (Å²) in [6.07, 6.45) is 9.06. The standard InChI is InChI=1S/C21H24Cl2N2OS/c1-13(2)25-20(12-26)14(3)19(8-15-4-6-24-7-5-15)21(25)27-18-10-16(22)9-17(23)11-18/h4-7,9-10,13,18,26H,8,11-12H2,1-3H3. The van der Waals surface area contributed by atoms with E-state index in [2.05, 4.69) is 36.4 Å². The van der Waals surface area contributed by atoms with Crippen molar-refractivity contribution < 1.29 is 5.11 Å². The molecule has 3 rings (SSSR count). The summed E-state index contributed by atoms with van der Waals surface area (Å²) in [5, 5.41) is 12.8. The number of nitrogens with zero attached hydrogens (tertiary/aromatic N) is 2. The van der Waals surface area contributed by atoms with Gasteiger partial charge in [0.2, 0.25) is 0 Å². The van der Waals surface area contributed by atoms with Gasteiger partial charge < -0.3 is 9.67 Å². The zero-order valence-electron chi connectivity index (χ0n) is 15.7. The van der Waals surface area contributed by atoms with E-state index >= 15 is 0 Å². The third kappa shape index (κ3) is 4.62. The first-order chi connectivity index (χ1) is 12.9. The van der Waals surface area contributed by atoms with Crippen LogP contribution in [0.3, 0.4) is 0 Å². The van der Waals surface area contributed by atoms with E-state index in [1.807, 2.05) is 30.6 Å². The highest BCUT2D eigenvalue weighted by molar-refractivity contribution is 8.00. The Labute approximate surface area is 175 Å². The van der Waals surface area contributed by atoms with Crippen LogP contribution in [0.15, 0.2) is 51.8 Å². The summed E-state index contributed by atoms with van der Waals surface area (Å²) < 4.78 is 2.25. The maximum atomic E-state index is 10.0. The van der Waals surface area contributed by atoms with E-state index in [1.54, 1.807) is 11.8 Å². The summed E-state index contributed by atoms with van der Waals surface area (Å²) >= 11 is 14.3. The fourth-order valence-electron chi connectivity index (χ4n) is 3.47. The van der Waals surface area contributed by atoms with E-state index in [0.717, 1.165) is 29.1 Å². The quantitative estimate of drug-likeness (QED) is 0.623. The molecule has 2 aromatic heterocycles. The largest absolute Gasteiger partial charge is 0.390 e. The van der Waals surface area contributed by atoms with Crippen molar-refractivity contribution in [3.8, 4) is 0 Å². The second kappa shape index (κ2) is 8.87. The summed E-state index contributed by atoms with van der Waals surface area (Å²) in [4.78, 5) is 4.12. The monoisotopic (exact) mass is 422 g/mol. The van der Waals surface area contributed by atoms with Crippen LogP contribution in [0.5, 0.6) is 0 Å². The molecule has 0 spiro atoms. The molecular formula is C21H24Cl2N2OS. The Morgan fingerprint density at radius 3 is 2.59 bits per heavy atom. The van der Waals surface area contributed by atoms with Crippen LogP contribution in [0.4, 0.5) is 0 Å². The van der Waals surface area contributed by atoms with Crippen LogP contribution < -0.4 is 0 Å². The van der Waals surface area contributed by atoms with E-state index in [0.29, 0.717) is 5.03 Å². The van der Waals surface area contributed by atoms with Gasteiger partial charge in [-0.15, -0.1) is 0 Å². The van der Waals surface area contributed by atoms with Gasteiger partial charge in [-0.1, -0.05) is 41.0 Å². The lowest BCUT2D eigenvalue weighted by Crippen LogP contribution is -2.11. The van der Waals surface area contributed by atoms with Gasteiger partial charge in [-0.2, -0.15) is 0 Å². The molecular weight excluding hydrogens is 399 g/mol. The molecule has 0 aromatic carbocycles. The Kier molecular flexibility index (Phi) is 6.74. The number of hydrogen-bond acceptors (Lipinski definition) is 3. The van der Waals surface area contributed by atoms with Crippen LogP contribution in [0.2, 0.25) is 0 Å². The zero-order chi connectivity index (χ0) is 19.6. The van der Waals surface area contributed by atoms with E-state index < -0.39 is 0 Å². The molecule has 0 amide bonds. The molecule has 0 saturated carbocycles. The van der Waals surface area contributed by atoms with Crippen LogP contribution in [0, 0.1) is 6.92 Å². The first-order valence-corrected chi connectivity index (χ1v) is 10.7. The van der Waals surface area contributed by atoms with Crippen LogP contribution in [-0.4, -0.2) is 19.9 Å². The lowest BCUT2D eigenvalue weighted by molar-refractivity contribution is 0.265. The smallest absolute Gasteiger partial charge is 0.0836 e. The first kappa shape index (κ1) is 20.5. The number of halogens is 2. The molecule has 0 bridgehead atoms. The number of aliphatic hydroxyl groups excluding tert-OH is 1. The highest BCUT2D eigenvalue weighted by atomic mass is 35.5. The van der Waals surface area contributed by atoms with Gasteiger partial charge in [-0.05, 0) is 62.1 Å². The van der Waals surface area contributed by atoms with Crippen molar-refractivity contribution in [2.45, 2.75) is 56.5 Å². The SMILES string of the molecule is Cc1c(Cc2ccncc2)c(SC2C=C(Cl)C=C(Cl)C2)n(C(C)C)c1CO. The highest BCUT2D eigenvalue weighted by Gasteiger charge is 2.25. The minimum atomic E-state index is 0.0237. The van der Waals surface area contributed by atoms with Crippen LogP contribution in [-0.2, 0) is 13.0 Å². The summed E-state index contributed by atoms with van der Waals surface area (Å²) in [6, 6.07) is 4.32. The average molecular weight is 423 g/mol. The van der Waals surface area contributed by atoms with Crippen molar-refractivity contribution in [3.05, 3.63) is 69.1 Å². The fraction of sp³-hybridized carbons (Fsp3) is 0.381. The molecule has 3 nitrogen and oxygen atoms in total. The molecule has 0 fully saturated rings. The van der Waals surface area contributed by atoms with Crippen LogP contribution >= 0.6 is 35.0 Å². The second-order valence-electron chi connectivity index (χ2n) is 7.01. The summed E-state index contributed by atoms with van der Waals surface area (Å²) in [6.45, 7) is 6.42. The van der Waals surface area contributed by atoms with Gasteiger partial charge in [-0.25, -0.2) is 0 Å². The molecule has 144 valence electrons. The Bertz CT molecular complexity index is 872. The van der Waals surface area contributed by atoms with Gasteiger partial charge in [0.05, 0.1) is 11.6 Å². The number of rotatable bonds is 6. The highest BCUT2D eigenvalue weighted by Crippen LogP contribution is 2.41. The third-order valence-corrected chi connectivity index (χ3v) is 6.52. The number of hydrogen-bond donors (Lipinski definition) is 1. The minimum absolute atomic E-state index is 0.0237. The van der Waals surface area contributed by atoms with Crippen molar-refractivity contribution in [1.82, 2.24) is 9.55 Å². The molecule has 1 atom stereocenters. The first-order valence-electron chi connectivity index (χ1n) is 9.03. The zero-order valence-corrected chi connectivity index (χ0v) is 18.1. The predicted octanol–water partition coefficient (Wildman–Crippen LogP) is 5.97. The lowest BCUT2D eigenvalue weighted by Gasteiger charge is -2.21. The Balaban J connectivity index is 2.05. The number of aromatic nitrogens is 2. The van der Waals surface area contributed by atoms with E-state index in [1.165, 1.54) is 16.2 Å². The molecule has 1 unspecified atom stereocenters. The molecule has 2 aromatic rings. The minimum Gasteiger partial charge on any atom is -0.390 e. The summed E-state index contributed by atoms with van der Waals surface area (Å²) in [7, 11) is 0. The number of allylic oxidation sites excluding steroid dienone is 3. The van der Waals surface area contributed by atoms with Crippen molar-refractivity contribution in [2.75, 3.05) is 0 Å². The average Bonchev–Trinajstić information content (AvgIpc) is 2.87. The summed E-state index contributed by atoms with van der Waals surface area (Å²) in [5.74, 6) is 0. The molecule has 2 heterocycles. The molecule has 0 saturated heterocycles. The van der Waals surface area contributed by atoms with Gasteiger partial charge in [0.1, 0.15) is 0 Å². The molecule has 27 heavy (non-hydrogen) atoms. The topological polar surface area (TPSA) is 38.0 Å². The Hall–Kier alpha value is -1.20. The van der Waals surface area contributed by atoms with Crippen LogP contribution in [0.1, 0.15) is 48.7 Å². The van der Waals surface area contributed by atoms with E-state index in [9.17, 15) is 5.11 Å². The second-order valence-corrected chi connectivity index (χ2v) is 9.16. The Morgan fingerprint density at radius 1 is 1.30 bits per heavy atom. The Morgan fingerprint density at radius 2 is 2.00 bits per heavy atom. The molecule has 6 heteroatoms. The molecule has 1 aliphatic carbocycles. The predicted molar refractivity (Wildman–Crippen MR) is 115 cm³/mol. The van der Waals surface area contributed by atoms with Gasteiger partial charge in [0.25, 0.3) is 0 Å². The van der Waals surface area contributed by atoms with Crippen LogP contribution in [0.25, 0.3) is 0 Å². The number of aliphatic hydroxyl groups is 1. The van der Waals surface area contributed by atoms with Crippen molar-refractivity contribution >= 4 is 35.0 Å².